The molecule has 0 saturated carbocycles. The van der Waals surface area contributed by atoms with Crippen LogP contribution >= 0.6 is 0 Å². The van der Waals surface area contributed by atoms with Gasteiger partial charge < -0.3 is 15.0 Å². The molecule has 3 rings (SSSR count). The molecule has 1 aliphatic rings. The predicted octanol–water partition coefficient (Wildman–Crippen LogP) is 2.58. The lowest BCUT2D eigenvalue weighted by Gasteiger charge is -2.33. The first-order valence-corrected chi connectivity index (χ1v) is 9.39. The van der Waals surface area contributed by atoms with E-state index in [4.69, 9.17) is 4.74 Å². The van der Waals surface area contributed by atoms with Crippen LogP contribution in [0.1, 0.15) is 50.9 Å². The van der Waals surface area contributed by atoms with Crippen LogP contribution in [0.4, 0.5) is 4.79 Å². The summed E-state index contributed by atoms with van der Waals surface area (Å²) in [4.78, 5) is 26.4. The van der Waals surface area contributed by atoms with Crippen molar-refractivity contribution in [2.24, 2.45) is 0 Å². The Kier molecular flexibility index (Phi) is 5.34. The molecule has 27 heavy (non-hydrogen) atoms. The SMILES string of the molecule is CCn1nnc2cc(C(=O)NC3CCN(C(=O)OC(C)(C)C)CC3)ccc21. The van der Waals surface area contributed by atoms with Gasteiger partial charge in [-0.3, -0.25) is 4.79 Å². The maximum Gasteiger partial charge on any atom is 0.410 e. The van der Waals surface area contributed by atoms with E-state index in [2.05, 4.69) is 15.6 Å². The third-order valence-corrected chi connectivity index (χ3v) is 4.56. The van der Waals surface area contributed by atoms with E-state index in [0.717, 1.165) is 12.1 Å². The van der Waals surface area contributed by atoms with Crippen LogP contribution in [0, 0.1) is 0 Å². The quantitative estimate of drug-likeness (QED) is 0.893. The highest BCUT2D eigenvalue weighted by Gasteiger charge is 2.27. The Bertz CT molecular complexity index is 831. The predicted molar refractivity (Wildman–Crippen MR) is 101 cm³/mol. The van der Waals surface area contributed by atoms with Gasteiger partial charge in [0.05, 0.1) is 5.52 Å². The molecule has 0 bridgehead atoms. The van der Waals surface area contributed by atoms with Crippen molar-refractivity contribution in [3.63, 3.8) is 0 Å². The van der Waals surface area contributed by atoms with Crippen LogP contribution in [-0.4, -0.2) is 56.6 Å². The van der Waals surface area contributed by atoms with E-state index in [1.165, 1.54) is 0 Å². The highest BCUT2D eigenvalue weighted by atomic mass is 16.6. The summed E-state index contributed by atoms with van der Waals surface area (Å²) in [5.74, 6) is -0.126. The molecular weight excluding hydrogens is 346 g/mol. The lowest BCUT2D eigenvalue weighted by Crippen LogP contribution is -2.47. The van der Waals surface area contributed by atoms with Gasteiger partial charge >= 0.3 is 6.09 Å². The van der Waals surface area contributed by atoms with Crippen molar-refractivity contribution in [2.75, 3.05) is 13.1 Å². The first-order valence-electron chi connectivity index (χ1n) is 9.39. The number of amides is 2. The number of hydrogen-bond acceptors (Lipinski definition) is 5. The monoisotopic (exact) mass is 373 g/mol. The molecule has 1 fully saturated rings. The normalized spacial score (nSPS) is 15.8. The molecule has 0 spiro atoms. The molecule has 0 aliphatic carbocycles. The van der Waals surface area contributed by atoms with Crippen molar-refractivity contribution in [2.45, 2.75) is 58.7 Å². The zero-order chi connectivity index (χ0) is 19.6. The molecule has 0 atom stereocenters. The second kappa shape index (κ2) is 7.54. The summed E-state index contributed by atoms with van der Waals surface area (Å²) in [7, 11) is 0. The number of aromatic nitrogens is 3. The van der Waals surface area contributed by atoms with Crippen molar-refractivity contribution >= 4 is 23.0 Å². The van der Waals surface area contributed by atoms with Crippen molar-refractivity contribution in [1.82, 2.24) is 25.2 Å². The van der Waals surface area contributed by atoms with Crippen LogP contribution in [0.5, 0.6) is 0 Å². The lowest BCUT2D eigenvalue weighted by molar-refractivity contribution is 0.0199. The summed E-state index contributed by atoms with van der Waals surface area (Å²) < 4.78 is 7.19. The van der Waals surface area contributed by atoms with E-state index in [0.29, 0.717) is 37.0 Å². The van der Waals surface area contributed by atoms with Crippen molar-refractivity contribution in [3.8, 4) is 0 Å². The number of ether oxygens (including phenoxy) is 1. The number of fused-ring (bicyclic) bond motifs is 1. The minimum Gasteiger partial charge on any atom is -0.444 e. The van der Waals surface area contributed by atoms with Gasteiger partial charge in [0.15, 0.2) is 0 Å². The number of rotatable bonds is 3. The van der Waals surface area contributed by atoms with Gasteiger partial charge in [0, 0.05) is 31.2 Å². The van der Waals surface area contributed by atoms with E-state index >= 15 is 0 Å². The van der Waals surface area contributed by atoms with Gasteiger partial charge in [-0.25, -0.2) is 9.48 Å². The third-order valence-electron chi connectivity index (χ3n) is 4.56. The van der Waals surface area contributed by atoms with Crippen LogP contribution in [0.15, 0.2) is 18.2 Å². The van der Waals surface area contributed by atoms with Gasteiger partial charge in [-0.1, -0.05) is 5.21 Å². The van der Waals surface area contributed by atoms with Gasteiger partial charge in [-0.15, -0.1) is 5.10 Å². The minimum atomic E-state index is -0.500. The first kappa shape index (κ1) is 19.1. The topological polar surface area (TPSA) is 89.4 Å². The number of piperidine rings is 1. The molecule has 2 aromatic rings. The molecule has 1 aromatic carbocycles. The average Bonchev–Trinajstić information content (AvgIpc) is 3.03. The van der Waals surface area contributed by atoms with Crippen LogP contribution < -0.4 is 5.32 Å². The van der Waals surface area contributed by atoms with Crippen molar-refractivity contribution in [1.29, 1.82) is 0 Å². The largest absolute Gasteiger partial charge is 0.444 e. The average molecular weight is 373 g/mol. The Balaban J connectivity index is 1.56. The second-order valence-electron chi connectivity index (χ2n) is 7.82. The van der Waals surface area contributed by atoms with Gasteiger partial charge in [0.1, 0.15) is 11.1 Å². The standard InChI is InChI=1S/C19H27N5O3/c1-5-24-16-7-6-13(12-15(16)21-22-24)17(25)20-14-8-10-23(11-9-14)18(26)27-19(2,3)4/h6-7,12,14H,5,8-11H2,1-4H3,(H,20,25). The van der Waals surface area contributed by atoms with Gasteiger partial charge in [0.2, 0.25) is 0 Å². The van der Waals surface area contributed by atoms with Crippen LogP contribution in [-0.2, 0) is 11.3 Å². The summed E-state index contributed by atoms with van der Waals surface area (Å²) in [6, 6.07) is 5.47. The van der Waals surface area contributed by atoms with Gasteiger partial charge in [-0.05, 0) is 58.7 Å². The molecule has 1 aliphatic heterocycles. The highest BCUT2D eigenvalue weighted by Crippen LogP contribution is 2.17. The molecule has 2 heterocycles. The minimum absolute atomic E-state index is 0.0400. The van der Waals surface area contributed by atoms with E-state index in [1.54, 1.807) is 21.7 Å². The number of nitrogens with zero attached hydrogens (tertiary/aromatic N) is 4. The van der Waals surface area contributed by atoms with Crippen LogP contribution in [0.25, 0.3) is 11.0 Å². The summed E-state index contributed by atoms with van der Waals surface area (Å²) in [6.45, 7) is 9.44. The second-order valence-corrected chi connectivity index (χ2v) is 7.82. The number of hydrogen-bond donors (Lipinski definition) is 1. The van der Waals surface area contributed by atoms with Crippen molar-refractivity contribution < 1.29 is 14.3 Å². The number of likely N-dealkylation sites (tertiary alicyclic amines) is 1. The molecule has 1 saturated heterocycles. The van der Waals surface area contributed by atoms with Crippen molar-refractivity contribution in [3.05, 3.63) is 23.8 Å². The summed E-state index contributed by atoms with van der Waals surface area (Å²) in [5, 5.41) is 11.2. The zero-order valence-corrected chi connectivity index (χ0v) is 16.4. The molecule has 1 N–H and O–H groups in total. The maximum absolute atomic E-state index is 12.6. The van der Waals surface area contributed by atoms with E-state index in [1.807, 2.05) is 33.8 Å². The Morgan fingerprint density at radius 1 is 1.26 bits per heavy atom. The Labute approximate surface area is 158 Å². The molecule has 1 aromatic heterocycles. The zero-order valence-electron chi connectivity index (χ0n) is 16.4. The number of nitrogens with one attached hydrogen (secondary N) is 1. The van der Waals surface area contributed by atoms with E-state index in [-0.39, 0.29) is 18.0 Å². The van der Waals surface area contributed by atoms with E-state index in [9.17, 15) is 9.59 Å². The highest BCUT2D eigenvalue weighted by molar-refractivity contribution is 5.97. The van der Waals surface area contributed by atoms with Gasteiger partial charge in [0.25, 0.3) is 5.91 Å². The smallest absolute Gasteiger partial charge is 0.410 e. The number of benzene rings is 1. The fraction of sp³-hybridized carbons (Fsp3) is 0.579. The molecule has 0 unspecified atom stereocenters. The first-order chi connectivity index (χ1) is 12.8. The maximum atomic E-state index is 12.6. The molecule has 0 radical (unpaired) electrons. The fourth-order valence-electron chi connectivity index (χ4n) is 3.15. The third kappa shape index (κ3) is 4.56. The van der Waals surface area contributed by atoms with Crippen LogP contribution in [0.2, 0.25) is 0 Å². The lowest BCUT2D eigenvalue weighted by atomic mass is 10.0. The Morgan fingerprint density at radius 3 is 2.59 bits per heavy atom. The molecule has 8 nitrogen and oxygen atoms in total. The van der Waals surface area contributed by atoms with E-state index < -0.39 is 5.60 Å². The summed E-state index contributed by atoms with van der Waals surface area (Å²) in [6.07, 6.45) is 1.12. The number of carbonyl (C=O) groups is 2. The van der Waals surface area contributed by atoms with Gasteiger partial charge in [-0.2, -0.15) is 0 Å². The fourth-order valence-corrected chi connectivity index (χ4v) is 3.15. The Hall–Kier alpha value is -2.64. The molecular formula is C19H27N5O3. The number of carbonyl (C=O) groups excluding carboxylic acids is 2. The number of aryl methyl sites for hydroxylation is 1. The molecule has 146 valence electrons. The summed E-state index contributed by atoms with van der Waals surface area (Å²) >= 11 is 0. The van der Waals surface area contributed by atoms with Crippen LogP contribution in [0.3, 0.4) is 0 Å². The Morgan fingerprint density at radius 2 is 1.96 bits per heavy atom. The molecule has 2 amide bonds. The molecule has 8 heteroatoms. The summed E-state index contributed by atoms with van der Waals surface area (Å²) in [5.41, 5.74) is 1.70.